The highest BCUT2D eigenvalue weighted by Gasteiger charge is 2.69. The first-order valence-electron chi connectivity index (χ1n) is 31.9. The number of halogens is 1. The molecule has 83 heavy (non-hydrogen) atoms. The van der Waals surface area contributed by atoms with E-state index in [0.29, 0.717) is 57.1 Å². The van der Waals surface area contributed by atoms with E-state index in [4.69, 9.17) is 55.9 Å². The first-order chi connectivity index (χ1) is 39.0. The predicted octanol–water partition coefficient (Wildman–Crippen LogP) is 14.3. The standard InChI is InChI=1S/C65H107BrO14Si3/c1-18-83(19-2,20-3)70-32-24-27-46-33-41(4)43(6)52(72-46)38-53-50(56(69-13)54(75-53)37-49(80-82(16,17)64(10,11)12)40-71-81(14,15)63(7,8)9)36-45(67)35-47-28-29-51-57(73-47)61-60-59(76-51)58-55(77-60)39-65(78-58,79-61)31-30-48(34-42(5)66)74-62(68)44-25-22-21-23-26-44/h21-23,25-26,41,46-61H,5-6,18-20,24,27-40H2,1-4,7-17H3/t41-,46+,47-,48-,49+,50+,51+,52-,53+,54-,55-,56-,57+,58+,59+,60-,61+,65+/m1/s1. The molecule has 18 atom stereocenters. The normalized spacial score (nSPS) is 34.4. The number of rotatable bonds is 29. The van der Waals surface area contributed by atoms with Crippen LogP contribution in [0.1, 0.15) is 163 Å². The Morgan fingerprint density at radius 1 is 0.783 bits per heavy atom. The summed E-state index contributed by atoms with van der Waals surface area (Å²) in [5.41, 5.74) is 1.57. The molecule has 0 amide bonds. The molecule has 8 aliphatic rings. The van der Waals surface area contributed by atoms with Crippen LogP contribution < -0.4 is 0 Å². The first-order valence-corrected chi connectivity index (χ1v) is 41.1. The topological polar surface area (TPSA) is 145 Å². The van der Waals surface area contributed by atoms with Crippen molar-refractivity contribution in [1.82, 2.24) is 0 Å². The maximum absolute atomic E-state index is 15.0. The minimum atomic E-state index is -2.28. The molecule has 0 spiro atoms. The van der Waals surface area contributed by atoms with E-state index in [-0.39, 0.29) is 120 Å². The van der Waals surface area contributed by atoms with E-state index in [2.05, 4.69) is 125 Å². The van der Waals surface area contributed by atoms with Crippen molar-refractivity contribution in [3.05, 3.63) is 59.1 Å². The van der Waals surface area contributed by atoms with Crippen molar-refractivity contribution in [1.29, 1.82) is 0 Å². The lowest BCUT2D eigenvalue weighted by Crippen LogP contribution is -2.61. The average Bonchev–Trinajstić information content (AvgIpc) is 1.66. The third-order valence-corrected chi connectivity index (χ3v) is 35.1. The molecule has 0 aromatic heterocycles. The van der Waals surface area contributed by atoms with Gasteiger partial charge in [-0.25, -0.2) is 4.79 Å². The number of ketones is 1. The van der Waals surface area contributed by atoms with Crippen molar-refractivity contribution in [2.24, 2.45) is 11.8 Å². The fourth-order valence-corrected chi connectivity index (χ4v) is 19.2. The molecule has 0 N–H and O–H groups in total. The van der Waals surface area contributed by atoms with Crippen molar-refractivity contribution in [3.8, 4) is 0 Å². The minimum Gasteiger partial charge on any atom is -0.458 e. The molecule has 0 aliphatic carbocycles. The number of Topliss-reactive ketones (excluding diaryl/α,β-unsaturated/α-hetero) is 1. The number of methoxy groups -OCH3 is 1. The Bertz CT molecular complexity index is 2330. The van der Waals surface area contributed by atoms with Gasteiger partial charge in [0.15, 0.2) is 30.7 Å². The summed E-state index contributed by atoms with van der Waals surface area (Å²) in [4.78, 5) is 28.2. The second-order valence-electron chi connectivity index (χ2n) is 28.8. The predicted molar refractivity (Wildman–Crippen MR) is 335 cm³/mol. The van der Waals surface area contributed by atoms with Gasteiger partial charge in [-0.05, 0) is 121 Å². The number of benzene rings is 1. The monoisotopic (exact) mass is 1270 g/mol. The highest BCUT2D eigenvalue weighted by atomic mass is 79.9. The summed E-state index contributed by atoms with van der Waals surface area (Å²) in [6, 6.07) is 12.5. The number of hydrogen-bond donors (Lipinski definition) is 0. The fraction of sp³-hybridized carbons (Fsp3) is 0.815. The first kappa shape index (κ1) is 67.5. The van der Waals surface area contributed by atoms with Gasteiger partial charge < -0.3 is 55.9 Å². The maximum Gasteiger partial charge on any atom is 0.338 e. The molecule has 0 radical (unpaired) electrons. The Labute approximate surface area is 511 Å². The van der Waals surface area contributed by atoms with Crippen LogP contribution >= 0.6 is 15.9 Å². The van der Waals surface area contributed by atoms with Gasteiger partial charge in [0.05, 0.1) is 67.1 Å². The summed E-state index contributed by atoms with van der Waals surface area (Å²) >= 11 is 3.51. The van der Waals surface area contributed by atoms with Crippen LogP contribution in [-0.4, -0.2) is 154 Å². The number of hydrogen-bond acceptors (Lipinski definition) is 14. The molecule has 0 saturated carbocycles. The van der Waals surface area contributed by atoms with E-state index in [9.17, 15) is 9.59 Å². The molecule has 470 valence electrons. The summed E-state index contributed by atoms with van der Waals surface area (Å²) in [6.07, 6.45) is 3.17. The van der Waals surface area contributed by atoms with Crippen molar-refractivity contribution < 1.29 is 65.5 Å². The summed E-state index contributed by atoms with van der Waals surface area (Å²) in [5, 5.41) is 0.00586. The van der Waals surface area contributed by atoms with Crippen LogP contribution in [0, 0.1) is 11.8 Å². The van der Waals surface area contributed by atoms with Gasteiger partial charge in [-0.2, -0.15) is 0 Å². The van der Waals surface area contributed by atoms with Gasteiger partial charge in [0.1, 0.15) is 42.4 Å². The molecule has 18 heteroatoms. The number of esters is 1. The van der Waals surface area contributed by atoms with Crippen molar-refractivity contribution in [3.63, 3.8) is 0 Å². The summed E-state index contributed by atoms with van der Waals surface area (Å²) in [5.74, 6) is -1.25. The molecule has 6 bridgehead atoms. The molecule has 9 rings (SSSR count). The molecule has 1 aromatic rings. The van der Waals surface area contributed by atoms with Crippen molar-refractivity contribution in [2.45, 2.75) is 304 Å². The molecule has 1 aromatic carbocycles. The second-order valence-corrected chi connectivity index (χ2v) is 44.2. The van der Waals surface area contributed by atoms with Gasteiger partial charge in [-0.15, -0.1) is 0 Å². The molecule has 8 heterocycles. The Kier molecular flexibility index (Phi) is 22.5. The Balaban J connectivity index is 0.982. The van der Waals surface area contributed by atoms with Crippen LogP contribution in [0.3, 0.4) is 0 Å². The van der Waals surface area contributed by atoms with Gasteiger partial charge in [-0.1, -0.05) is 117 Å². The number of ether oxygens (including phenoxy) is 9. The van der Waals surface area contributed by atoms with Crippen LogP contribution in [-0.2, 0) is 60.7 Å². The zero-order valence-electron chi connectivity index (χ0n) is 53.4. The lowest BCUT2D eigenvalue weighted by Gasteiger charge is -2.47. The summed E-state index contributed by atoms with van der Waals surface area (Å²) in [6.45, 7) is 41.9. The van der Waals surface area contributed by atoms with Gasteiger partial charge in [-0.3, -0.25) is 4.79 Å². The van der Waals surface area contributed by atoms with Gasteiger partial charge >= 0.3 is 5.97 Å². The molecule has 8 aliphatic heterocycles. The van der Waals surface area contributed by atoms with Gasteiger partial charge in [0.2, 0.25) is 0 Å². The Morgan fingerprint density at radius 2 is 1.45 bits per heavy atom. The van der Waals surface area contributed by atoms with E-state index in [1.807, 2.05) is 18.2 Å². The third-order valence-electron chi connectivity index (χ3n) is 21.1. The number of carbonyl (C=O) groups excluding carboxylic acids is 2. The molecule has 8 saturated heterocycles. The van der Waals surface area contributed by atoms with Crippen LogP contribution in [0.4, 0.5) is 0 Å². The molecular formula is C65H107BrO14Si3. The second kappa shape index (κ2) is 27.7. The van der Waals surface area contributed by atoms with E-state index in [1.165, 1.54) is 0 Å². The molecule has 8 fully saturated rings. The summed E-state index contributed by atoms with van der Waals surface area (Å²) < 4.78 is 83.3. The van der Waals surface area contributed by atoms with E-state index in [0.717, 1.165) is 60.5 Å². The van der Waals surface area contributed by atoms with E-state index < -0.39 is 49.1 Å². The zero-order chi connectivity index (χ0) is 60.5. The third kappa shape index (κ3) is 15.9. The summed E-state index contributed by atoms with van der Waals surface area (Å²) in [7, 11) is -4.35. The highest BCUT2D eigenvalue weighted by Crippen LogP contribution is 2.54. The molecule has 14 nitrogen and oxygen atoms in total. The maximum atomic E-state index is 15.0. The quantitative estimate of drug-likeness (QED) is 0.0325. The van der Waals surface area contributed by atoms with Crippen LogP contribution in [0.5, 0.6) is 0 Å². The van der Waals surface area contributed by atoms with Crippen LogP contribution in [0.2, 0.25) is 54.4 Å². The number of carbonyl (C=O) groups is 2. The lowest BCUT2D eigenvalue weighted by molar-refractivity contribution is -0.292. The van der Waals surface area contributed by atoms with Gasteiger partial charge in [0, 0.05) is 64.6 Å². The molecule has 0 unspecified atom stereocenters. The van der Waals surface area contributed by atoms with Crippen LogP contribution in [0.15, 0.2) is 53.5 Å². The average molecular weight is 1280 g/mol. The van der Waals surface area contributed by atoms with Crippen LogP contribution in [0.25, 0.3) is 0 Å². The van der Waals surface area contributed by atoms with Gasteiger partial charge in [0.25, 0.3) is 0 Å². The highest BCUT2D eigenvalue weighted by molar-refractivity contribution is 9.11. The number of fused-ring (bicyclic) bond motifs is 1. The lowest BCUT2D eigenvalue weighted by atomic mass is 9.81. The van der Waals surface area contributed by atoms with E-state index in [1.54, 1.807) is 19.2 Å². The van der Waals surface area contributed by atoms with E-state index >= 15 is 0 Å². The minimum absolute atomic E-state index is 0.0211. The zero-order valence-corrected chi connectivity index (χ0v) is 58.0. The Morgan fingerprint density at radius 3 is 2.10 bits per heavy atom. The van der Waals surface area contributed by atoms with Crippen molar-refractivity contribution >= 4 is 52.6 Å². The molecular weight excluding hydrogens is 1170 g/mol. The van der Waals surface area contributed by atoms with Crippen molar-refractivity contribution in [2.75, 3.05) is 20.3 Å². The fourth-order valence-electron chi connectivity index (χ4n) is 13.8. The Hall–Kier alpha value is -1.47. The SMILES string of the molecule is C=C(Br)C[C@@H](CC[C@@]12C[C@H]3O[C@H]4[C@@H](O1)[C@H]1O[C@@H](CC(=O)C[C@@H]5[C@@H](OC)[C@@H](C[C@@H](CO[Si](C)(C)C(C)(C)C)O[Si](C)(C)C(C)(C)C)O[C@H]5C[C@H]5O[C@@H](CCCO[Si](CC)(CC)CC)C[C@@H](C)C5=C)CC[C@@H]1O[C@H]4[C@H]3O2)OC(=O)c1ccccc1. The largest absolute Gasteiger partial charge is 0.458 e. The smallest absolute Gasteiger partial charge is 0.338 e.